The number of carbonyl (C=O) groups is 1. The van der Waals surface area contributed by atoms with Crippen LogP contribution >= 0.6 is 15.9 Å². The lowest BCUT2D eigenvalue weighted by molar-refractivity contribution is -0.121. The molecule has 0 saturated carbocycles. The number of piperidine rings is 1. The molecule has 6 aliphatic rings. The molecule has 6 aliphatic heterocycles. The third kappa shape index (κ3) is 20.6. The molecule has 0 bridgehead atoms. The van der Waals surface area contributed by atoms with Crippen LogP contribution in [0.3, 0.4) is 0 Å². The van der Waals surface area contributed by atoms with Crippen LogP contribution in [0.2, 0.25) is 0 Å². The lowest BCUT2D eigenvalue weighted by Gasteiger charge is -2.32. The van der Waals surface area contributed by atoms with E-state index < -0.39 is 14.0 Å². The number of halogens is 1. The minimum absolute atomic E-state index is 0. The highest BCUT2D eigenvalue weighted by atomic mass is 79.9. The van der Waals surface area contributed by atoms with Crippen LogP contribution in [0.25, 0.3) is 5.57 Å². The van der Waals surface area contributed by atoms with E-state index in [-0.39, 0.29) is 85.3 Å². The van der Waals surface area contributed by atoms with E-state index in [1.807, 2.05) is 93.6 Å². The van der Waals surface area contributed by atoms with Crippen molar-refractivity contribution in [3.05, 3.63) is 75.2 Å². The SMILES string of the molecule is C.C.C.C.C.C.CC1(C)OB(B2OC(C)(C)C(C)(C)O2)OC1(C)C.CN1CC=C(B2OC(C)(C)C(C)(C)O2)CC1.CN1CCC(=O)CC1.Cc1cc(N)cc(Br)c1.Cc1cc(N)cc(C2=CCN(C)CC2)c1. The first-order valence-corrected chi connectivity index (χ1v) is 24.5. The maximum atomic E-state index is 10.6. The number of likely N-dealkylation sites (N-methyl/N-ethyl adjacent to an activating group) is 2. The van der Waals surface area contributed by atoms with Gasteiger partial charge in [0.2, 0.25) is 0 Å². The fraction of sp³-hybridized carbons (Fsp3) is 0.696. The molecule has 4 N–H and O–H groups in total. The first-order chi connectivity index (χ1) is 30.3. The molecular weight excluding hydrogens is 967 g/mol. The number of rotatable bonds is 3. The molecule has 72 heavy (non-hydrogen) atoms. The molecule has 12 nitrogen and oxygen atoms in total. The van der Waals surface area contributed by atoms with E-state index in [2.05, 4.69) is 104 Å². The summed E-state index contributed by atoms with van der Waals surface area (Å²) in [6, 6.07) is 12.1. The van der Waals surface area contributed by atoms with Gasteiger partial charge in [-0.2, -0.15) is 0 Å². The van der Waals surface area contributed by atoms with Crippen molar-refractivity contribution in [2.45, 2.75) is 201 Å². The van der Waals surface area contributed by atoms with Gasteiger partial charge >= 0.3 is 21.1 Å². The molecular formula is C56H107B3BrN5O7. The third-order valence-corrected chi connectivity index (χ3v) is 14.7. The fourth-order valence-electron chi connectivity index (χ4n) is 7.66. The Morgan fingerprint density at radius 1 is 0.486 bits per heavy atom. The summed E-state index contributed by atoms with van der Waals surface area (Å²) < 4.78 is 37.0. The molecule has 414 valence electrons. The summed E-state index contributed by atoms with van der Waals surface area (Å²) in [5.74, 6) is 0.420. The van der Waals surface area contributed by atoms with Crippen LogP contribution < -0.4 is 11.5 Å². The predicted molar refractivity (Wildman–Crippen MR) is 320 cm³/mol. The molecule has 2 aromatic carbocycles. The van der Waals surface area contributed by atoms with Gasteiger partial charge in [0.1, 0.15) is 5.78 Å². The molecule has 6 heterocycles. The van der Waals surface area contributed by atoms with Crippen molar-refractivity contribution in [3.63, 3.8) is 0 Å². The van der Waals surface area contributed by atoms with E-state index >= 15 is 0 Å². The second-order valence-electron chi connectivity index (χ2n) is 21.9. The molecule has 2 aromatic rings. The van der Waals surface area contributed by atoms with Gasteiger partial charge in [0.05, 0.1) is 33.6 Å². The van der Waals surface area contributed by atoms with Gasteiger partial charge in [-0.15, -0.1) is 0 Å². The van der Waals surface area contributed by atoms with Gasteiger partial charge in [0.15, 0.2) is 0 Å². The van der Waals surface area contributed by atoms with Crippen molar-refractivity contribution in [1.29, 1.82) is 0 Å². The van der Waals surface area contributed by atoms with Gasteiger partial charge in [0.25, 0.3) is 0 Å². The smallest absolute Gasteiger partial charge is 0.405 e. The Labute approximate surface area is 453 Å². The normalized spacial score (nSPS) is 22.0. The molecule has 16 heteroatoms. The van der Waals surface area contributed by atoms with Crippen LogP contribution in [0.15, 0.2) is 58.5 Å². The molecule has 0 radical (unpaired) electrons. The van der Waals surface area contributed by atoms with Crippen molar-refractivity contribution in [2.24, 2.45) is 0 Å². The lowest BCUT2D eigenvalue weighted by Crippen LogP contribution is -2.41. The van der Waals surface area contributed by atoms with Crippen LogP contribution in [0.5, 0.6) is 0 Å². The fourth-order valence-corrected chi connectivity index (χ4v) is 8.28. The Morgan fingerprint density at radius 3 is 1.18 bits per heavy atom. The maximum absolute atomic E-state index is 10.6. The number of nitrogens with zero attached hydrogens (tertiary/aromatic N) is 3. The largest absolute Gasteiger partial charge is 0.490 e. The Kier molecular flexibility index (Phi) is 30.4. The Balaban J connectivity index is -0.000000831. The number of aryl methyl sites for hydroxylation is 2. The van der Waals surface area contributed by atoms with E-state index in [9.17, 15) is 4.79 Å². The van der Waals surface area contributed by atoms with Crippen molar-refractivity contribution in [2.75, 3.05) is 71.9 Å². The lowest BCUT2D eigenvalue weighted by atomic mass is 9.49. The topological polar surface area (TPSA) is 134 Å². The second kappa shape index (κ2) is 29.7. The zero-order chi connectivity index (χ0) is 49.6. The molecule has 0 aliphatic carbocycles. The highest BCUT2D eigenvalue weighted by molar-refractivity contribution is 9.10. The highest BCUT2D eigenvalue weighted by Crippen LogP contribution is 2.43. The van der Waals surface area contributed by atoms with Gasteiger partial charge in [-0.3, -0.25) is 4.79 Å². The zero-order valence-electron chi connectivity index (χ0n) is 43.7. The third-order valence-electron chi connectivity index (χ3n) is 14.3. The summed E-state index contributed by atoms with van der Waals surface area (Å²) >= 11 is 3.33. The average molecular weight is 1070 g/mol. The minimum atomic E-state index is -0.476. The van der Waals surface area contributed by atoms with E-state index in [1.54, 1.807) is 0 Å². The van der Waals surface area contributed by atoms with Crippen molar-refractivity contribution in [3.8, 4) is 0 Å². The van der Waals surface area contributed by atoms with Gasteiger partial charge < -0.3 is 54.1 Å². The Bertz CT molecular complexity index is 1870. The molecule has 4 fully saturated rings. The van der Waals surface area contributed by atoms with Gasteiger partial charge in [0, 0.05) is 68.0 Å². The summed E-state index contributed by atoms with van der Waals surface area (Å²) in [4.78, 5) is 17.4. The average Bonchev–Trinajstić information content (AvgIpc) is 3.66. The number of anilines is 2. The zero-order valence-corrected chi connectivity index (χ0v) is 45.2. The number of benzene rings is 2. The first-order valence-electron chi connectivity index (χ1n) is 23.7. The molecule has 0 unspecified atom stereocenters. The molecule has 4 saturated heterocycles. The van der Waals surface area contributed by atoms with Gasteiger partial charge in [-0.1, -0.05) is 78.7 Å². The quantitative estimate of drug-likeness (QED) is 0.224. The second-order valence-corrected chi connectivity index (χ2v) is 22.8. The van der Waals surface area contributed by atoms with E-state index in [1.165, 1.54) is 27.7 Å². The molecule has 0 spiro atoms. The summed E-state index contributed by atoms with van der Waals surface area (Å²) in [5.41, 5.74) is 17.6. The van der Waals surface area contributed by atoms with Crippen LogP contribution in [0.1, 0.15) is 170 Å². The van der Waals surface area contributed by atoms with Crippen molar-refractivity contribution >= 4 is 59.8 Å². The minimum Gasteiger partial charge on any atom is -0.405 e. The summed E-state index contributed by atoms with van der Waals surface area (Å²) in [6.45, 7) is 34.9. The Morgan fingerprint density at radius 2 is 0.847 bits per heavy atom. The van der Waals surface area contributed by atoms with Crippen LogP contribution in [-0.2, 0) is 32.7 Å². The number of carbonyl (C=O) groups excluding carboxylic acids is 1. The number of nitrogens with two attached hydrogens (primary N) is 2. The molecule has 8 rings (SSSR count). The molecule has 0 amide bonds. The van der Waals surface area contributed by atoms with E-state index in [0.29, 0.717) is 5.78 Å². The number of Topliss-reactive ketones (excluding diaryl/α,β-unsaturated/α-hetero) is 1. The predicted octanol–water partition coefficient (Wildman–Crippen LogP) is 12.9. The Hall–Kier alpha value is -2.50. The van der Waals surface area contributed by atoms with E-state index in [0.717, 1.165) is 80.8 Å². The summed E-state index contributed by atoms with van der Waals surface area (Å²) in [6.07, 6.45) is 8.24. The number of nitrogen functional groups attached to an aromatic ring is 2. The highest BCUT2D eigenvalue weighted by Gasteiger charge is 2.63. The van der Waals surface area contributed by atoms with Crippen LogP contribution in [-0.4, -0.2) is 136 Å². The number of hydrogen-bond donors (Lipinski definition) is 2. The summed E-state index contributed by atoms with van der Waals surface area (Å²) in [7, 11) is 5.24. The van der Waals surface area contributed by atoms with Gasteiger partial charge in [-0.05, 0) is 189 Å². The van der Waals surface area contributed by atoms with Crippen molar-refractivity contribution < 1.29 is 32.7 Å². The first kappa shape index (κ1) is 73.7. The monoisotopic (exact) mass is 1070 g/mol. The van der Waals surface area contributed by atoms with Crippen LogP contribution in [0, 0.1) is 13.8 Å². The standard InChI is InChI=1S/C13H18N2.C12H24B2O4.C12H22BNO2.C7H8BrN.C6H11NO.6CH4/c1-10-7-12(9-13(14)8-10)11-3-5-15(2)6-4-11;1-9(2)10(3,4)16-13(15-9)14-17-11(5,6)12(7,8)18-14;1-11(2)12(3,4)16-13(15-11)10-6-8-14(5)9-7-10;1-5-2-6(8)4-7(9)3-5;1-7-4-2-6(8)3-5-7;;;;;;/h3,7-9H,4-6,14H2,1-2H3;1-8H3;6H,7-9H2,1-5H3;2-4H,9H2,1H3;2-5H2,1H3;6*1H4. The van der Waals surface area contributed by atoms with Crippen LogP contribution in [0.4, 0.5) is 11.4 Å². The van der Waals surface area contributed by atoms with E-state index in [4.69, 9.17) is 39.4 Å². The summed E-state index contributed by atoms with van der Waals surface area (Å²) in [5, 5.41) is 0. The number of hydrogen-bond acceptors (Lipinski definition) is 12. The molecule has 0 aromatic heterocycles. The number of ketones is 1. The maximum Gasteiger partial charge on any atom is 0.490 e. The van der Waals surface area contributed by atoms with Gasteiger partial charge in [-0.25, -0.2) is 0 Å². The molecule has 0 atom stereocenters. The van der Waals surface area contributed by atoms with Crippen molar-refractivity contribution in [1.82, 2.24) is 14.7 Å². The number of likely N-dealkylation sites (tertiary alicyclic amines) is 1.